The minimum atomic E-state index is -3.66. The van der Waals surface area contributed by atoms with E-state index in [0.717, 1.165) is 16.1 Å². The van der Waals surface area contributed by atoms with E-state index in [1.807, 2.05) is 37.3 Å². The number of nitrogens with one attached hydrogen (secondary N) is 1. The standard InChI is InChI=1S/C21H27N3O5S/c1-16-11-12-19(24(26)27)14-20(16)23(30(3,28)29)13-7-10-21(25)22-15-17(2)18-8-5-4-6-9-18/h4-6,8-9,11-12,14,17H,7,10,13,15H2,1-3H3,(H,22,25)/t17-/m1/s1. The van der Waals surface area contributed by atoms with Gasteiger partial charge >= 0.3 is 0 Å². The van der Waals surface area contributed by atoms with Crippen molar-refractivity contribution in [2.75, 3.05) is 23.7 Å². The smallest absolute Gasteiger partial charge is 0.271 e. The lowest BCUT2D eigenvalue weighted by atomic mass is 10.0. The summed E-state index contributed by atoms with van der Waals surface area (Å²) in [5.74, 6) is -0.00261. The van der Waals surface area contributed by atoms with Crippen molar-refractivity contribution in [2.45, 2.75) is 32.6 Å². The van der Waals surface area contributed by atoms with Gasteiger partial charge in [-0.25, -0.2) is 8.42 Å². The maximum absolute atomic E-state index is 12.3. The van der Waals surface area contributed by atoms with Gasteiger partial charge in [0.2, 0.25) is 15.9 Å². The zero-order valence-corrected chi connectivity index (χ0v) is 18.2. The van der Waals surface area contributed by atoms with Crippen molar-refractivity contribution >= 4 is 27.3 Å². The second-order valence-electron chi connectivity index (χ2n) is 7.28. The van der Waals surface area contributed by atoms with Gasteiger partial charge < -0.3 is 5.32 Å². The molecule has 0 aliphatic heterocycles. The maximum atomic E-state index is 12.3. The molecule has 0 saturated heterocycles. The van der Waals surface area contributed by atoms with Crippen LogP contribution in [-0.2, 0) is 14.8 Å². The van der Waals surface area contributed by atoms with Gasteiger partial charge in [-0.3, -0.25) is 19.2 Å². The minimum Gasteiger partial charge on any atom is -0.356 e. The molecule has 1 amide bonds. The van der Waals surface area contributed by atoms with Crippen molar-refractivity contribution in [1.29, 1.82) is 0 Å². The molecule has 162 valence electrons. The molecule has 0 unspecified atom stereocenters. The van der Waals surface area contributed by atoms with Crippen molar-refractivity contribution in [3.05, 3.63) is 69.8 Å². The Hall–Kier alpha value is -2.94. The van der Waals surface area contributed by atoms with Crippen LogP contribution in [0.4, 0.5) is 11.4 Å². The lowest BCUT2D eigenvalue weighted by Gasteiger charge is -2.24. The zero-order valence-electron chi connectivity index (χ0n) is 17.4. The van der Waals surface area contributed by atoms with Crippen LogP contribution >= 0.6 is 0 Å². The fraction of sp³-hybridized carbons (Fsp3) is 0.381. The quantitative estimate of drug-likeness (QED) is 0.456. The molecule has 0 heterocycles. The third-order valence-corrected chi connectivity index (χ3v) is 5.99. The van der Waals surface area contributed by atoms with Gasteiger partial charge in [-0.2, -0.15) is 0 Å². The van der Waals surface area contributed by atoms with E-state index in [0.29, 0.717) is 18.5 Å². The number of aryl methyl sites for hydroxylation is 1. The summed E-state index contributed by atoms with van der Waals surface area (Å²) < 4.78 is 25.7. The molecule has 8 nitrogen and oxygen atoms in total. The van der Waals surface area contributed by atoms with Crippen LogP contribution in [-0.4, -0.2) is 38.6 Å². The Morgan fingerprint density at radius 3 is 2.47 bits per heavy atom. The van der Waals surface area contributed by atoms with E-state index in [1.54, 1.807) is 6.92 Å². The van der Waals surface area contributed by atoms with Crippen LogP contribution < -0.4 is 9.62 Å². The molecular formula is C21H27N3O5S. The van der Waals surface area contributed by atoms with Crippen molar-refractivity contribution in [3.8, 4) is 0 Å². The van der Waals surface area contributed by atoms with E-state index in [2.05, 4.69) is 5.32 Å². The van der Waals surface area contributed by atoms with Gasteiger partial charge in [0.05, 0.1) is 16.9 Å². The number of non-ortho nitro benzene ring substituents is 1. The van der Waals surface area contributed by atoms with Gasteiger partial charge in [0, 0.05) is 31.6 Å². The Morgan fingerprint density at radius 1 is 1.20 bits per heavy atom. The molecule has 0 aliphatic rings. The highest BCUT2D eigenvalue weighted by Gasteiger charge is 2.22. The number of carbonyl (C=O) groups excluding carboxylic acids is 1. The molecular weight excluding hydrogens is 406 g/mol. The Kier molecular flexibility index (Phi) is 7.93. The number of nitro groups is 1. The second kappa shape index (κ2) is 10.2. The van der Waals surface area contributed by atoms with Gasteiger partial charge in [0.1, 0.15) is 0 Å². The van der Waals surface area contributed by atoms with E-state index in [9.17, 15) is 23.3 Å². The molecule has 0 aromatic heterocycles. The van der Waals surface area contributed by atoms with E-state index in [1.165, 1.54) is 18.2 Å². The van der Waals surface area contributed by atoms with Crippen LogP contribution in [0.1, 0.15) is 36.8 Å². The first-order valence-corrected chi connectivity index (χ1v) is 11.5. The highest BCUT2D eigenvalue weighted by Crippen LogP contribution is 2.27. The fourth-order valence-electron chi connectivity index (χ4n) is 3.08. The minimum absolute atomic E-state index is 0.0580. The lowest BCUT2D eigenvalue weighted by molar-refractivity contribution is -0.384. The Bertz CT molecular complexity index is 993. The number of hydrogen-bond donors (Lipinski definition) is 1. The molecule has 0 spiro atoms. The summed E-state index contributed by atoms with van der Waals surface area (Å²) in [4.78, 5) is 22.7. The summed E-state index contributed by atoms with van der Waals surface area (Å²) >= 11 is 0. The van der Waals surface area contributed by atoms with Crippen molar-refractivity contribution in [2.24, 2.45) is 0 Å². The number of benzene rings is 2. The maximum Gasteiger partial charge on any atom is 0.271 e. The topological polar surface area (TPSA) is 110 Å². The highest BCUT2D eigenvalue weighted by molar-refractivity contribution is 7.92. The van der Waals surface area contributed by atoms with Gasteiger partial charge in [-0.1, -0.05) is 43.3 Å². The molecule has 2 rings (SSSR count). The van der Waals surface area contributed by atoms with Gasteiger partial charge in [0.25, 0.3) is 5.69 Å². The molecule has 0 radical (unpaired) electrons. The molecule has 1 N–H and O–H groups in total. The van der Waals surface area contributed by atoms with Crippen LogP contribution in [0.5, 0.6) is 0 Å². The zero-order chi connectivity index (χ0) is 22.3. The fourth-order valence-corrected chi connectivity index (χ4v) is 4.10. The molecule has 1 atom stereocenters. The van der Waals surface area contributed by atoms with Gasteiger partial charge in [-0.15, -0.1) is 0 Å². The monoisotopic (exact) mass is 433 g/mol. The average molecular weight is 434 g/mol. The molecule has 2 aromatic carbocycles. The number of rotatable bonds is 10. The van der Waals surface area contributed by atoms with Crippen molar-refractivity contribution in [1.82, 2.24) is 5.32 Å². The number of carbonyl (C=O) groups is 1. The highest BCUT2D eigenvalue weighted by atomic mass is 32.2. The van der Waals surface area contributed by atoms with Crippen LogP contribution in [0.3, 0.4) is 0 Å². The summed E-state index contributed by atoms with van der Waals surface area (Å²) in [6.07, 6.45) is 1.50. The number of nitro benzene ring substituents is 1. The Balaban J connectivity index is 1.97. The Labute approximate surface area is 177 Å². The first kappa shape index (κ1) is 23.3. The first-order valence-electron chi connectivity index (χ1n) is 9.64. The van der Waals surface area contributed by atoms with Crippen LogP contribution in [0, 0.1) is 17.0 Å². The van der Waals surface area contributed by atoms with E-state index < -0.39 is 14.9 Å². The van der Waals surface area contributed by atoms with E-state index in [-0.39, 0.29) is 36.2 Å². The summed E-state index contributed by atoms with van der Waals surface area (Å²) in [7, 11) is -3.66. The van der Waals surface area contributed by atoms with Crippen LogP contribution in [0.2, 0.25) is 0 Å². The SMILES string of the molecule is Cc1ccc([N+](=O)[O-])cc1N(CCCC(=O)NC[C@@H](C)c1ccccc1)S(C)(=O)=O. The van der Waals surface area contributed by atoms with Crippen LogP contribution in [0.25, 0.3) is 0 Å². The first-order chi connectivity index (χ1) is 14.1. The molecule has 9 heteroatoms. The number of sulfonamides is 1. The van der Waals surface area contributed by atoms with E-state index in [4.69, 9.17) is 0 Å². The normalized spacial score (nSPS) is 12.2. The molecule has 30 heavy (non-hydrogen) atoms. The molecule has 0 bridgehead atoms. The summed E-state index contributed by atoms with van der Waals surface area (Å²) in [5.41, 5.74) is 1.80. The number of hydrogen-bond acceptors (Lipinski definition) is 5. The summed E-state index contributed by atoms with van der Waals surface area (Å²) in [6, 6.07) is 13.9. The second-order valence-corrected chi connectivity index (χ2v) is 9.19. The predicted molar refractivity (Wildman–Crippen MR) is 117 cm³/mol. The average Bonchev–Trinajstić information content (AvgIpc) is 2.69. The number of nitrogens with zero attached hydrogens (tertiary/aromatic N) is 2. The van der Waals surface area contributed by atoms with Gasteiger partial charge in [0.15, 0.2) is 0 Å². The summed E-state index contributed by atoms with van der Waals surface area (Å²) in [5, 5.41) is 13.9. The number of anilines is 1. The molecule has 2 aromatic rings. The van der Waals surface area contributed by atoms with E-state index >= 15 is 0 Å². The molecule has 0 fully saturated rings. The largest absolute Gasteiger partial charge is 0.356 e. The summed E-state index contributed by atoms with van der Waals surface area (Å²) in [6.45, 7) is 4.26. The van der Waals surface area contributed by atoms with Crippen molar-refractivity contribution < 1.29 is 18.1 Å². The molecule has 0 saturated carbocycles. The Morgan fingerprint density at radius 2 is 1.87 bits per heavy atom. The van der Waals surface area contributed by atoms with Gasteiger partial charge in [-0.05, 0) is 30.4 Å². The van der Waals surface area contributed by atoms with Crippen molar-refractivity contribution in [3.63, 3.8) is 0 Å². The van der Waals surface area contributed by atoms with Crippen LogP contribution in [0.15, 0.2) is 48.5 Å². The lowest BCUT2D eigenvalue weighted by Crippen LogP contribution is -2.33. The third kappa shape index (κ3) is 6.55. The molecule has 0 aliphatic carbocycles. The predicted octanol–water partition coefficient (Wildman–Crippen LogP) is 3.37. The third-order valence-electron chi connectivity index (χ3n) is 4.81. The number of amides is 1.